The molecule has 9 heteroatoms. The third kappa shape index (κ3) is 3.88. The number of alkyl halides is 3. The number of halogens is 6. The Labute approximate surface area is 143 Å². The van der Waals surface area contributed by atoms with Crippen LogP contribution >= 0.6 is 34.8 Å². The van der Waals surface area contributed by atoms with Crippen LogP contribution in [0.4, 0.5) is 13.2 Å². The molecule has 2 rings (SSSR count). The second-order valence-corrected chi connectivity index (χ2v) is 5.76. The summed E-state index contributed by atoms with van der Waals surface area (Å²) in [4.78, 5) is 14.3. The van der Waals surface area contributed by atoms with Crippen LogP contribution in [-0.4, -0.2) is 16.1 Å². The van der Waals surface area contributed by atoms with E-state index in [1.807, 2.05) is 0 Å². The molecule has 1 aromatic carbocycles. The van der Waals surface area contributed by atoms with Crippen LogP contribution in [0.1, 0.15) is 11.3 Å². The molecule has 0 aliphatic carbocycles. The Morgan fingerprint density at radius 1 is 1.13 bits per heavy atom. The van der Waals surface area contributed by atoms with Crippen LogP contribution in [0.15, 0.2) is 24.4 Å². The van der Waals surface area contributed by atoms with Crippen LogP contribution in [0, 0.1) is 0 Å². The molecule has 0 aliphatic rings. The Kier molecular flexibility index (Phi) is 5.08. The first kappa shape index (κ1) is 17.8. The first-order valence-corrected chi connectivity index (χ1v) is 7.16. The van der Waals surface area contributed by atoms with Crippen molar-refractivity contribution >= 4 is 40.8 Å². The van der Waals surface area contributed by atoms with Gasteiger partial charge in [0, 0.05) is 22.3 Å². The minimum Gasteiger partial charge on any atom is -0.481 e. The van der Waals surface area contributed by atoms with E-state index in [4.69, 9.17) is 39.9 Å². The number of carbonyl (C=O) groups is 1. The van der Waals surface area contributed by atoms with Crippen molar-refractivity contribution < 1.29 is 23.1 Å². The number of hydrogen-bond acceptors (Lipinski definition) is 2. The second-order valence-electron chi connectivity index (χ2n) is 4.51. The van der Waals surface area contributed by atoms with Gasteiger partial charge in [-0.2, -0.15) is 13.2 Å². The van der Waals surface area contributed by atoms with Crippen molar-refractivity contribution in [1.29, 1.82) is 0 Å². The van der Waals surface area contributed by atoms with Gasteiger partial charge in [-0.1, -0.05) is 34.8 Å². The lowest BCUT2D eigenvalue weighted by Crippen LogP contribution is -2.13. The molecule has 0 radical (unpaired) electrons. The van der Waals surface area contributed by atoms with E-state index in [1.165, 1.54) is 18.2 Å². The van der Waals surface area contributed by atoms with Gasteiger partial charge in [0.15, 0.2) is 5.69 Å². The molecule has 0 spiro atoms. The van der Waals surface area contributed by atoms with Gasteiger partial charge in [0.2, 0.25) is 0 Å². The normalized spacial score (nSPS) is 11.6. The molecule has 1 heterocycles. The van der Waals surface area contributed by atoms with Gasteiger partial charge in [-0.05, 0) is 23.8 Å². The highest BCUT2D eigenvalue weighted by molar-refractivity contribution is 6.42. The molecule has 0 amide bonds. The van der Waals surface area contributed by atoms with Crippen molar-refractivity contribution in [3.8, 4) is 11.1 Å². The lowest BCUT2D eigenvalue weighted by Gasteiger charge is -2.17. The number of carboxylic acids is 1. The minimum atomic E-state index is -4.81. The summed E-state index contributed by atoms with van der Waals surface area (Å²) in [5.74, 6) is -1.30. The smallest absolute Gasteiger partial charge is 0.433 e. The summed E-state index contributed by atoms with van der Waals surface area (Å²) in [5, 5.41) is 8.80. The number of benzene rings is 1. The largest absolute Gasteiger partial charge is 0.481 e. The fourth-order valence-electron chi connectivity index (χ4n) is 2.09. The van der Waals surface area contributed by atoms with Crippen molar-refractivity contribution in [2.45, 2.75) is 12.6 Å². The Morgan fingerprint density at radius 2 is 1.70 bits per heavy atom. The first-order valence-electron chi connectivity index (χ1n) is 6.03. The fourth-order valence-corrected chi connectivity index (χ4v) is 3.09. The van der Waals surface area contributed by atoms with Gasteiger partial charge in [-0.15, -0.1) is 0 Å². The van der Waals surface area contributed by atoms with Gasteiger partial charge in [-0.25, -0.2) is 0 Å². The number of pyridine rings is 1. The molecule has 0 saturated heterocycles. The summed E-state index contributed by atoms with van der Waals surface area (Å²) in [7, 11) is 0. The third-order valence-corrected chi connectivity index (χ3v) is 3.72. The van der Waals surface area contributed by atoms with E-state index in [0.29, 0.717) is 0 Å². The highest BCUT2D eigenvalue weighted by Crippen LogP contribution is 2.44. The number of aromatic nitrogens is 1. The van der Waals surface area contributed by atoms with Gasteiger partial charge in [0.1, 0.15) is 0 Å². The maximum atomic E-state index is 13.3. The standard InChI is InChI=1S/C14H7Cl3F3NO2/c15-7-4-8(16)12(9(17)5-7)11-6(3-10(22)23)1-2-21-13(11)14(18,19)20/h1-2,4-5H,3H2,(H,22,23). The van der Waals surface area contributed by atoms with E-state index in [2.05, 4.69) is 4.98 Å². The van der Waals surface area contributed by atoms with E-state index in [9.17, 15) is 18.0 Å². The van der Waals surface area contributed by atoms with Crippen LogP contribution in [0.2, 0.25) is 15.1 Å². The summed E-state index contributed by atoms with van der Waals surface area (Å²) < 4.78 is 39.8. The van der Waals surface area contributed by atoms with Gasteiger partial charge in [0.25, 0.3) is 0 Å². The molecular formula is C14H7Cl3F3NO2. The molecule has 1 aromatic heterocycles. The maximum absolute atomic E-state index is 13.3. The Hall–Kier alpha value is -1.50. The zero-order valence-electron chi connectivity index (χ0n) is 11.1. The molecule has 0 unspecified atom stereocenters. The summed E-state index contributed by atoms with van der Waals surface area (Å²) in [6.45, 7) is 0. The van der Waals surface area contributed by atoms with Crippen LogP contribution in [0.3, 0.4) is 0 Å². The Bertz CT molecular complexity index is 755. The van der Waals surface area contributed by atoms with Crippen LogP contribution < -0.4 is 0 Å². The molecule has 1 N–H and O–H groups in total. The van der Waals surface area contributed by atoms with Gasteiger partial charge >= 0.3 is 12.1 Å². The number of carboxylic acid groups (broad SMARTS) is 1. The lowest BCUT2D eigenvalue weighted by atomic mass is 9.96. The van der Waals surface area contributed by atoms with E-state index < -0.39 is 29.8 Å². The average Bonchev–Trinajstić information content (AvgIpc) is 2.37. The van der Waals surface area contributed by atoms with E-state index in [0.717, 1.165) is 6.20 Å². The van der Waals surface area contributed by atoms with Crippen LogP contribution in [0.5, 0.6) is 0 Å². The maximum Gasteiger partial charge on any atom is 0.433 e. The average molecular weight is 385 g/mol. The molecule has 122 valence electrons. The molecule has 0 saturated carbocycles. The summed E-state index contributed by atoms with van der Waals surface area (Å²) in [6, 6.07) is 3.63. The van der Waals surface area contributed by atoms with E-state index in [1.54, 1.807) is 0 Å². The highest BCUT2D eigenvalue weighted by atomic mass is 35.5. The lowest BCUT2D eigenvalue weighted by molar-refractivity contribution is -0.141. The van der Waals surface area contributed by atoms with E-state index >= 15 is 0 Å². The topological polar surface area (TPSA) is 50.2 Å². The van der Waals surface area contributed by atoms with Crippen LogP contribution in [0.25, 0.3) is 11.1 Å². The molecule has 23 heavy (non-hydrogen) atoms. The molecule has 0 bridgehead atoms. The number of rotatable bonds is 3. The van der Waals surface area contributed by atoms with Gasteiger partial charge in [0.05, 0.1) is 16.5 Å². The second kappa shape index (κ2) is 6.55. The summed E-state index contributed by atoms with van der Waals surface area (Å²) in [6.07, 6.45) is -4.56. The van der Waals surface area contributed by atoms with E-state index in [-0.39, 0.29) is 26.2 Å². The van der Waals surface area contributed by atoms with Gasteiger partial charge in [-0.3, -0.25) is 9.78 Å². The summed E-state index contributed by atoms with van der Waals surface area (Å²) >= 11 is 17.7. The monoisotopic (exact) mass is 383 g/mol. The Morgan fingerprint density at radius 3 is 2.17 bits per heavy atom. The molecule has 0 fully saturated rings. The van der Waals surface area contributed by atoms with Crippen molar-refractivity contribution in [2.75, 3.05) is 0 Å². The molecular weight excluding hydrogens is 378 g/mol. The molecule has 0 atom stereocenters. The zero-order chi connectivity index (χ0) is 17.4. The quantitative estimate of drug-likeness (QED) is 0.775. The molecule has 3 nitrogen and oxygen atoms in total. The first-order chi connectivity index (χ1) is 10.6. The highest BCUT2D eigenvalue weighted by Gasteiger charge is 2.38. The fraction of sp³-hybridized carbons (Fsp3) is 0.143. The SMILES string of the molecule is O=C(O)Cc1ccnc(C(F)(F)F)c1-c1c(Cl)cc(Cl)cc1Cl. The molecule has 2 aromatic rings. The number of nitrogens with zero attached hydrogens (tertiary/aromatic N) is 1. The van der Waals surface area contributed by atoms with Crippen LogP contribution in [-0.2, 0) is 17.4 Å². The number of hydrogen-bond donors (Lipinski definition) is 1. The molecule has 0 aliphatic heterocycles. The predicted molar refractivity (Wildman–Crippen MR) is 81.0 cm³/mol. The van der Waals surface area contributed by atoms with Crippen molar-refractivity contribution in [1.82, 2.24) is 4.98 Å². The van der Waals surface area contributed by atoms with Crippen molar-refractivity contribution in [2.24, 2.45) is 0 Å². The Balaban J connectivity index is 2.86. The third-order valence-electron chi connectivity index (χ3n) is 2.90. The van der Waals surface area contributed by atoms with Gasteiger partial charge < -0.3 is 5.11 Å². The van der Waals surface area contributed by atoms with Crippen molar-refractivity contribution in [3.63, 3.8) is 0 Å². The van der Waals surface area contributed by atoms with Crippen molar-refractivity contribution in [3.05, 3.63) is 50.7 Å². The summed E-state index contributed by atoms with van der Waals surface area (Å²) in [5.41, 5.74) is -1.99. The minimum absolute atomic E-state index is 0.106. The predicted octanol–water partition coefficient (Wildman–Crippen LogP) is 5.35. The zero-order valence-corrected chi connectivity index (χ0v) is 13.4. The number of aliphatic carboxylic acids is 1.